The molecule has 0 aliphatic rings. The summed E-state index contributed by atoms with van der Waals surface area (Å²) in [5.74, 6) is -1.17. The first-order chi connectivity index (χ1) is 14.8. The van der Waals surface area contributed by atoms with Gasteiger partial charge in [0.25, 0.3) is 0 Å². The minimum atomic E-state index is -1.69. The van der Waals surface area contributed by atoms with Crippen LogP contribution in [0.3, 0.4) is 0 Å². The number of primary amides is 1. The fourth-order valence-electron chi connectivity index (χ4n) is 3.66. The Morgan fingerprint density at radius 2 is 1.26 bits per heavy atom. The fraction of sp³-hybridized carbons (Fsp3) is 0.875. The van der Waals surface area contributed by atoms with Gasteiger partial charge in [-0.2, -0.15) is 0 Å². The predicted molar refractivity (Wildman–Crippen MR) is 123 cm³/mol. The lowest BCUT2D eigenvalue weighted by atomic mass is 9.90. The first-order valence-corrected chi connectivity index (χ1v) is 12.1. The zero-order valence-corrected chi connectivity index (χ0v) is 19.4. The summed E-state index contributed by atoms with van der Waals surface area (Å²) >= 11 is 0. The van der Waals surface area contributed by atoms with Crippen molar-refractivity contribution in [2.45, 2.75) is 121 Å². The van der Waals surface area contributed by atoms with E-state index in [1.54, 1.807) is 0 Å². The normalized spacial score (nSPS) is 16.8. The maximum absolute atomic E-state index is 11.7. The predicted octanol–water partition coefficient (Wildman–Crippen LogP) is 2.56. The third kappa shape index (κ3) is 15.5. The minimum Gasteiger partial charge on any atom is -0.394 e. The number of rotatable bonds is 21. The van der Waals surface area contributed by atoms with E-state index in [2.05, 4.69) is 19.1 Å². The van der Waals surface area contributed by atoms with Gasteiger partial charge in [0.15, 0.2) is 0 Å². The summed E-state index contributed by atoms with van der Waals surface area (Å²) in [5.41, 5.74) is 5.41. The van der Waals surface area contributed by atoms with Crippen LogP contribution in [-0.2, 0) is 4.79 Å². The Morgan fingerprint density at radius 3 is 1.77 bits per heavy atom. The Balaban J connectivity index is 3.91. The van der Waals surface area contributed by atoms with Crippen LogP contribution >= 0.6 is 0 Å². The van der Waals surface area contributed by atoms with Crippen LogP contribution in [-0.4, -0.2) is 62.5 Å². The molecule has 0 fully saturated rings. The summed E-state index contributed by atoms with van der Waals surface area (Å²) in [6, 6.07) is 0. The van der Waals surface area contributed by atoms with Gasteiger partial charge in [0.2, 0.25) is 5.91 Å². The second-order valence-corrected chi connectivity index (χ2v) is 8.65. The van der Waals surface area contributed by atoms with Crippen LogP contribution in [0.4, 0.5) is 0 Å². The summed E-state index contributed by atoms with van der Waals surface area (Å²) in [4.78, 5) is 11.7. The molecular weight excluding hydrogens is 398 g/mol. The number of nitrogens with two attached hydrogens (primary N) is 1. The van der Waals surface area contributed by atoms with Gasteiger partial charge >= 0.3 is 0 Å². The summed E-state index contributed by atoms with van der Waals surface area (Å²) in [7, 11) is 0. The molecule has 0 rings (SSSR count). The maximum Gasteiger partial charge on any atom is 0.220 e. The fourth-order valence-corrected chi connectivity index (χ4v) is 3.66. The largest absolute Gasteiger partial charge is 0.394 e. The average molecular weight is 446 g/mol. The van der Waals surface area contributed by atoms with Crippen molar-refractivity contribution in [3.05, 3.63) is 12.2 Å². The van der Waals surface area contributed by atoms with Gasteiger partial charge in [0, 0.05) is 5.92 Å². The Kier molecular flexibility index (Phi) is 19.0. The van der Waals surface area contributed by atoms with Crippen LogP contribution in [0, 0.1) is 5.92 Å². The molecule has 5 atom stereocenters. The van der Waals surface area contributed by atoms with Gasteiger partial charge in [0.05, 0.1) is 12.7 Å². The number of hydrogen-bond acceptors (Lipinski definition) is 6. The van der Waals surface area contributed by atoms with Crippen molar-refractivity contribution in [3.8, 4) is 0 Å². The first kappa shape index (κ1) is 30.0. The minimum absolute atomic E-state index is 0.0904. The van der Waals surface area contributed by atoms with Crippen molar-refractivity contribution >= 4 is 5.91 Å². The molecule has 7 N–H and O–H groups in total. The molecule has 0 aliphatic heterocycles. The zero-order valence-electron chi connectivity index (χ0n) is 19.4. The van der Waals surface area contributed by atoms with Crippen molar-refractivity contribution in [3.63, 3.8) is 0 Å². The Hall–Kier alpha value is -0.990. The van der Waals surface area contributed by atoms with Crippen LogP contribution in [0.1, 0.15) is 96.8 Å². The van der Waals surface area contributed by atoms with Crippen molar-refractivity contribution in [1.82, 2.24) is 0 Å². The molecule has 0 saturated carbocycles. The van der Waals surface area contributed by atoms with Gasteiger partial charge in [-0.1, -0.05) is 70.4 Å². The maximum atomic E-state index is 11.7. The highest BCUT2D eigenvalue weighted by molar-refractivity contribution is 5.76. The highest BCUT2D eigenvalue weighted by atomic mass is 16.4. The second-order valence-electron chi connectivity index (χ2n) is 8.65. The van der Waals surface area contributed by atoms with Gasteiger partial charge < -0.3 is 31.3 Å². The zero-order chi connectivity index (χ0) is 23.5. The quantitative estimate of drug-likeness (QED) is 0.118. The molecule has 0 heterocycles. The topological polar surface area (TPSA) is 144 Å². The molecule has 0 aromatic heterocycles. The van der Waals surface area contributed by atoms with E-state index in [-0.39, 0.29) is 6.42 Å². The number of allylic oxidation sites excluding steroid dienone is 2. The van der Waals surface area contributed by atoms with E-state index in [1.165, 1.54) is 38.5 Å². The van der Waals surface area contributed by atoms with Crippen molar-refractivity contribution in [2.24, 2.45) is 11.7 Å². The number of carbonyl (C=O) groups excluding carboxylic acids is 1. The van der Waals surface area contributed by atoms with Crippen LogP contribution in [0.25, 0.3) is 0 Å². The van der Waals surface area contributed by atoms with Crippen LogP contribution in [0.5, 0.6) is 0 Å². The summed E-state index contributed by atoms with van der Waals surface area (Å²) in [6.07, 6.45) is 12.7. The highest BCUT2D eigenvalue weighted by Crippen LogP contribution is 2.20. The third-order valence-corrected chi connectivity index (χ3v) is 5.82. The van der Waals surface area contributed by atoms with Crippen LogP contribution in [0.2, 0.25) is 0 Å². The van der Waals surface area contributed by atoms with Crippen molar-refractivity contribution in [2.75, 3.05) is 6.61 Å². The SMILES string of the molecule is CCCCCCCC/C=C\CCCCCCC(C[C@H](O)[C@@H](O)[C@H](O)[C@H](O)CO)C(N)=O. The Labute approximate surface area is 188 Å². The lowest BCUT2D eigenvalue weighted by Crippen LogP contribution is -2.47. The summed E-state index contributed by atoms with van der Waals surface area (Å²) in [5, 5.41) is 47.8. The molecule has 0 bridgehead atoms. The van der Waals surface area contributed by atoms with Gasteiger partial charge in [-0.05, 0) is 38.5 Å². The molecule has 7 heteroatoms. The number of hydrogen-bond donors (Lipinski definition) is 6. The smallest absolute Gasteiger partial charge is 0.220 e. The van der Waals surface area contributed by atoms with Crippen LogP contribution in [0.15, 0.2) is 12.2 Å². The van der Waals surface area contributed by atoms with Gasteiger partial charge in [0.1, 0.15) is 18.3 Å². The molecule has 0 aliphatic carbocycles. The van der Waals surface area contributed by atoms with E-state index in [9.17, 15) is 25.2 Å². The van der Waals surface area contributed by atoms with E-state index >= 15 is 0 Å². The molecule has 0 spiro atoms. The van der Waals surface area contributed by atoms with E-state index in [0.717, 1.165) is 38.5 Å². The number of amides is 1. The Bertz CT molecular complexity index is 459. The standard InChI is InChI=1S/C24H47NO6/c1-2-3-4-5-6-7-8-9-10-11-12-13-14-15-16-19(24(25)31)17-20(27)22(29)23(30)21(28)18-26/h9-10,19-23,26-30H,2-8,11-18H2,1H3,(H2,25,31)/b10-9-/t19?,20-,21+,22+,23+/m0/s1. The van der Waals surface area contributed by atoms with Gasteiger partial charge in [-0.3, -0.25) is 4.79 Å². The lowest BCUT2D eigenvalue weighted by molar-refractivity contribution is -0.130. The first-order valence-electron chi connectivity index (χ1n) is 12.1. The molecule has 1 amide bonds. The molecule has 184 valence electrons. The summed E-state index contributed by atoms with van der Waals surface area (Å²) in [6.45, 7) is 1.49. The monoisotopic (exact) mass is 445 g/mol. The van der Waals surface area contributed by atoms with Crippen molar-refractivity contribution in [1.29, 1.82) is 0 Å². The number of aliphatic hydroxyl groups excluding tert-OH is 5. The lowest BCUT2D eigenvalue weighted by Gasteiger charge is -2.27. The molecule has 7 nitrogen and oxygen atoms in total. The van der Waals surface area contributed by atoms with E-state index in [1.807, 2.05) is 0 Å². The van der Waals surface area contributed by atoms with E-state index < -0.39 is 42.8 Å². The molecule has 1 unspecified atom stereocenters. The molecule has 0 saturated heterocycles. The highest BCUT2D eigenvalue weighted by Gasteiger charge is 2.32. The third-order valence-electron chi connectivity index (χ3n) is 5.82. The van der Waals surface area contributed by atoms with Gasteiger partial charge in [-0.15, -0.1) is 0 Å². The molecule has 0 aromatic carbocycles. The number of carbonyl (C=O) groups is 1. The number of aliphatic hydroxyl groups is 5. The van der Waals surface area contributed by atoms with Crippen LogP contribution < -0.4 is 5.73 Å². The molecule has 0 radical (unpaired) electrons. The number of unbranched alkanes of at least 4 members (excludes halogenated alkanes) is 10. The Morgan fingerprint density at radius 1 is 0.774 bits per heavy atom. The molecule has 0 aromatic rings. The van der Waals surface area contributed by atoms with E-state index in [0.29, 0.717) is 6.42 Å². The van der Waals surface area contributed by atoms with E-state index in [4.69, 9.17) is 10.8 Å². The van der Waals surface area contributed by atoms with Crippen molar-refractivity contribution < 1.29 is 30.3 Å². The second kappa shape index (κ2) is 19.7. The summed E-state index contributed by atoms with van der Waals surface area (Å²) < 4.78 is 0. The van der Waals surface area contributed by atoms with Gasteiger partial charge in [-0.25, -0.2) is 0 Å². The molecular formula is C24H47NO6. The molecule has 31 heavy (non-hydrogen) atoms. The average Bonchev–Trinajstić information content (AvgIpc) is 2.76.